The summed E-state index contributed by atoms with van der Waals surface area (Å²) in [5.41, 5.74) is 0.380. The highest BCUT2D eigenvalue weighted by Crippen LogP contribution is 2.42. The first kappa shape index (κ1) is 15.8. The summed E-state index contributed by atoms with van der Waals surface area (Å²) in [6.07, 6.45) is 7.80. The zero-order valence-electron chi connectivity index (χ0n) is 13.5. The van der Waals surface area contributed by atoms with Gasteiger partial charge in [0.25, 0.3) is 0 Å². The van der Waals surface area contributed by atoms with Crippen LogP contribution in [0.1, 0.15) is 5.69 Å². The van der Waals surface area contributed by atoms with E-state index in [1.807, 2.05) is 18.2 Å². The van der Waals surface area contributed by atoms with Gasteiger partial charge < -0.3 is 18.9 Å². The molecule has 2 atom stereocenters. The number of ether oxygens (including phenoxy) is 4. The van der Waals surface area contributed by atoms with Crippen LogP contribution in [0.5, 0.6) is 11.5 Å². The summed E-state index contributed by atoms with van der Waals surface area (Å²) in [5.74, 6) is 2.90. The minimum atomic E-state index is -0.549. The molecule has 7 nitrogen and oxygen atoms in total. The van der Waals surface area contributed by atoms with Crippen molar-refractivity contribution in [2.24, 2.45) is 0 Å². The van der Waals surface area contributed by atoms with E-state index in [2.05, 4.69) is 20.7 Å². The van der Waals surface area contributed by atoms with Crippen LogP contribution >= 0.6 is 11.9 Å². The van der Waals surface area contributed by atoms with Gasteiger partial charge in [-0.1, -0.05) is 24.1 Å². The van der Waals surface area contributed by atoms with Gasteiger partial charge >= 0.3 is 0 Å². The van der Waals surface area contributed by atoms with E-state index >= 15 is 0 Å². The molecule has 24 heavy (non-hydrogen) atoms. The molecule has 3 heterocycles. The van der Waals surface area contributed by atoms with Crippen molar-refractivity contribution in [3.8, 4) is 11.5 Å². The monoisotopic (exact) mass is 349 g/mol. The molecule has 1 aliphatic carbocycles. The quantitative estimate of drug-likeness (QED) is 0.805. The number of aromatic nitrogens is 1. The third kappa shape index (κ3) is 2.46. The Kier molecular flexibility index (Phi) is 4.13. The van der Waals surface area contributed by atoms with Gasteiger partial charge in [0.05, 0.1) is 44.6 Å². The first-order valence-corrected chi connectivity index (χ1v) is 8.58. The first-order valence-electron chi connectivity index (χ1n) is 7.64. The van der Waals surface area contributed by atoms with Gasteiger partial charge in [0.1, 0.15) is 5.76 Å². The summed E-state index contributed by atoms with van der Waals surface area (Å²) in [6, 6.07) is 1.99. The summed E-state index contributed by atoms with van der Waals surface area (Å²) in [6.45, 7) is 0.987. The molecule has 0 saturated carbocycles. The average Bonchev–Trinajstić information content (AvgIpc) is 3.21. The van der Waals surface area contributed by atoms with Gasteiger partial charge in [-0.2, -0.15) is 0 Å². The molecule has 0 radical (unpaired) electrons. The molecule has 0 amide bonds. The molecule has 1 N–H and O–H groups in total. The fraction of sp³-hybridized carbons (Fsp3) is 0.438. The lowest BCUT2D eigenvalue weighted by atomic mass is 9.98. The van der Waals surface area contributed by atoms with Crippen molar-refractivity contribution in [1.29, 1.82) is 0 Å². The van der Waals surface area contributed by atoms with E-state index in [1.54, 1.807) is 32.4 Å². The van der Waals surface area contributed by atoms with Gasteiger partial charge in [-0.05, 0) is 6.08 Å². The van der Waals surface area contributed by atoms with Crippen molar-refractivity contribution in [3.63, 3.8) is 0 Å². The number of nitrogens with one attached hydrogen (secondary N) is 1. The van der Waals surface area contributed by atoms with Crippen LogP contribution in [-0.2, 0) is 15.2 Å². The van der Waals surface area contributed by atoms with E-state index in [0.717, 1.165) is 17.2 Å². The Morgan fingerprint density at radius 2 is 2.29 bits per heavy atom. The van der Waals surface area contributed by atoms with Gasteiger partial charge in [-0.25, -0.2) is 4.31 Å². The molecule has 0 aromatic carbocycles. The van der Waals surface area contributed by atoms with Crippen LogP contribution in [0.2, 0.25) is 0 Å². The molecule has 2 aliphatic heterocycles. The van der Waals surface area contributed by atoms with Gasteiger partial charge in [-0.3, -0.25) is 10.3 Å². The Balaban J connectivity index is 1.46. The summed E-state index contributed by atoms with van der Waals surface area (Å²) in [4.78, 5) is 4.43. The molecule has 0 bridgehead atoms. The Morgan fingerprint density at radius 1 is 1.42 bits per heavy atom. The summed E-state index contributed by atoms with van der Waals surface area (Å²) >= 11 is 1.70. The van der Waals surface area contributed by atoms with E-state index in [9.17, 15) is 0 Å². The average molecular weight is 349 g/mol. The first-order chi connectivity index (χ1) is 11.8. The number of pyridine rings is 1. The second-order valence-corrected chi connectivity index (χ2v) is 6.57. The molecule has 1 aromatic rings. The molecule has 2 saturated heterocycles. The number of nitrogens with zero attached hydrogens (tertiary/aromatic N) is 2. The summed E-state index contributed by atoms with van der Waals surface area (Å²) < 4.78 is 24.2. The lowest BCUT2D eigenvalue weighted by Crippen LogP contribution is -2.50. The molecule has 1 spiro atoms. The zero-order valence-corrected chi connectivity index (χ0v) is 14.3. The third-order valence-corrected chi connectivity index (χ3v) is 5.45. The second-order valence-electron chi connectivity index (χ2n) is 5.56. The second kappa shape index (κ2) is 6.29. The van der Waals surface area contributed by atoms with Gasteiger partial charge in [-0.15, -0.1) is 0 Å². The predicted molar refractivity (Wildman–Crippen MR) is 89.3 cm³/mol. The minimum absolute atomic E-state index is 0.0881. The standard InChI is InChI=1S/C16H19N3O4S/c1-20-12-6-11(17-7-13(12)21-2)8-24-19-9-18-16-14(19)4-3-5-15(16)22-10-23-16/h3-7,14,18H,8-10H2,1-2H3. The molecule has 1 aromatic heterocycles. The van der Waals surface area contributed by atoms with Crippen molar-refractivity contribution in [2.45, 2.75) is 17.5 Å². The molecule has 3 aliphatic rings. The van der Waals surface area contributed by atoms with Gasteiger partial charge in [0, 0.05) is 6.07 Å². The van der Waals surface area contributed by atoms with Gasteiger partial charge in [0.15, 0.2) is 18.3 Å². The highest BCUT2D eigenvalue weighted by molar-refractivity contribution is 7.96. The normalized spacial score (nSPS) is 28.1. The molecular formula is C16H19N3O4S. The summed E-state index contributed by atoms with van der Waals surface area (Å²) in [5, 5.41) is 3.43. The van der Waals surface area contributed by atoms with Crippen LogP contribution in [-0.4, -0.2) is 48.7 Å². The maximum Gasteiger partial charge on any atom is 0.202 e. The van der Waals surface area contributed by atoms with Crippen LogP contribution in [0.25, 0.3) is 0 Å². The van der Waals surface area contributed by atoms with Crippen LogP contribution in [0.4, 0.5) is 0 Å². The highest BCUT2D eigenvalue weighted by Gasteiger charge is 2.55. The van der Waals surface area contributed by atoms with E-state index in [0.29, 0.717) is 18.2 Å². The van der Waals surface area contributed by atoms with Crippen LogP contribution < -0.4 is 14.8 Å². The maximum absolute atomic E-state index is 5.86. The molecule has 2 fully saturated rings. The zero-order chi connectivity index (χ0) is 16.6. The highest BCUT2D eigenvalue weighted by atomic mass is 32.2. The molecule has 4 rings (SSSR count). The number of allylic oxidation sites excluding steroid dienone is 2. The fourth-order valence-corrected chi connectivity index (χ4v) is 4.11. The maximum atomic E-state index is 5.86. The van der Waals surface area contributed by atoms with Crippen molar-refractivity contribution in [1.82, 2.24) is 14.6 Å². The Hall–Kier alpha value is -1.74. The fourth-order valence-electron chi connectivity index (χ4n) is 3.12. The number of hydrogen-bond acceptors (Lipinski definition) is 8. The summed E-state index contributed by atoms with van der Waals surface area (Å²) in [7, 11) is 3.23. The van der Waals surface area contributed by atoms with Crippen molar-refractivity contribution in [2.75, 3.05) is 27.7 Å². The van der Waals surface area contributed by atoms with Crippen molar-refractivity contribution >= 4 is 11.9 Å². The Morgan fingerprint density at radius 3 is 3.12 bits per heavy atom. The number of methoxy groups -OCH3 is 2. The Bertz CT molecular complexity index is 696. The molecule has 128 valence electrons. The Labute approximate surface area is 144 Å². The SMILES string of the molecule is COc1cnc(CSN2CNC34OCOC3=CC=CC24)cc1OC. The van der Waals surface area contributed by atoms with E-state index in [-0.39, 0.29) is 12.8 Å². The largest absolute Gasteiger partial charge is 0.493 e. The van der Waals surface area contributed by atoms with Crippen LogP contribution in [0, 0.1) is 0 Å². The number of rotatable bonds is 5. The van der Waals surface area contributed by atoms with E-state index < -0.39 is 5.72 Å². The third-order valence-electron chi connectivity index (χ3n) is 4.34. The smallest absolute Gasteiger partial charge is 0.202 e. The molecule has 2 unspecified atom stereocenters. The number of hydrogen-bond donors (Lipinski definition) is 1. The van der Waals surface area contributed by atoms with Crippen molar-refractivity contribution < 1.29 is 18.9 Å². The van der Waals surface area contributed by atoms with E-state index in [1.165, 1.54) is 0 Å². The predicted octanol–water partition coefficient (Wildman–Crippen LogP) is 1.63. The van der Waals surface area contributed by atoms with Crippen molar-refractivity contribution in [3.05, 3.63) is 41.9 Å². The topological polar surface area (TPSA) is 65.1 Å². The van der Waals surface area contributed by atoms with Crippen LogP contribution in [0.3, 0.4) is 0 Å². The molecule has 8 heteroatoms. The minimum Gasteiger partial charge on any atom is -0.493 e. The lowest BCUT2D eigenvalue weighted by Gasteiger charge is -2.31. The van der Waals surface area contributed by atoms with E-state index in [4.69, 9.17) is 18.9 Å². The lowest BCUT2D eigenvalue weighted by molar-refractivity contribution is -0.0231. The molecular weight excluding hydrogens is 330 g/mol. The van der Waals surface area contributed by atoms with Crippen LogP contribution in [0.15, 0.2) is 36.3 Å². The van der Waals surface area contributed by atoms with Gasteiger partial charge in [0.2, 0.25) is 5.72 Å².